The summed E-state index contributed by atoms with van der Waals surface area (Å²) in [6.45, 7) is 7.81. The molecule has 0 atom stereocenters. The Balaban J connectivity index is 1.52. The van der Waals surface area contributed by atoms with E-state index in [1.165, 1.54) is 0 Å². The van der Waals surface area contributed by atoms with Gasteiger partial charge in [-0.3, -0.25) is 14.4 Å². The molecule has 2 bridgehead atoms. The third-order valence-corrected chi connectivity index (χ3v) is 9.57. The fourth-order valence-corrected chi connectivity index (χ4v) is 7.16. The van der Waals surface area contributed by atoms with Gasteiger partial charge in [0, 0.05) is 61.2 Å². The van der Waals surface area contributed by atoms with Crippen molar-refractivity contribution in [3.8, 4) is 0 Å². The summed E-state index contributed by atoms with van der Waals surface area (Å²) in [7, 11) is 0. The average Bonchev–Trinajstić information content (AvgIpc) is 3.72. The van der Waals surface area contributed by atoms with E-state index in [4.69, 9.17) is 0 Å². The Morgan fingerprint density at radius 2 is 1.25 bits per heavy atom. The third kappa shape index (κ3) is 6.04. The maximum Gasteiger partial charge on any atom is 0.246 e. The van der Waals surface area contributed by atoms with E-state index in [1.807, 2.05) is 38.1 Å². The number of rotatable bonds is 2. The number of amides is 2. The second-order valence-corrected chi connectivity index (χ2v) is 12.8. The largest absolute Gasteiger partial charge is 0.506 e. The van der Waals surface area contributed by atoms with E-state index in [0.717, 1.165) is 113 Å². The molecule has 2 fully saturated rings. The molecule has 2 amide bonds. The SMILES string of the molecule is Cc1cc2c(cc1N1CCCC1)NC(=O)CCCCCCCCC(=O)N=c1cc(N3CCCC3)c(C)c/c1=C1\C(=O)C2=C1O. The average molecular weight is 597 g/mol. The molecule has 1 aliphatic carbocycles. The van der Waals surface area contributed by atoms with Crippen LogP contribution in [-0.4, -0.2) is 48.9 Å². The second-order valence-electron chi connectivity index (χ2n) is 12.8. The fourth-order valence-electron chi connectivity index (χ4n) is 7.16. The summed E-state index contributed by atoms with van der Waals surface area (Å²) in [5.74, 6) is -0.714. The molecule has 2 aromatic rings. The number of nitrogens with one attached hydrogen (secondary N) is 1. The zero-order valence-electron chi connectivity index (χ0n) is 26.1. The van der Waals surface area contributed by atoms with Gasteiger partial charge in [0.25, 0.3) is 0 Å². The Bertz CT molecular complexity index is 1640. The fraction of sp³-hybridized carbons (Fsp3) is 0.500. The lowest BCUT2D eigenvalue weighted by Crippen LogP contribution is -2.37. The number of allylic oxidation sites excluding steroid dienone is 2. The molecule has 0 saturated carbocycles. The van der Waals surface area contributed by atoms with Crippen LogP contribution in [-0.2, 0) is 14.4 Å². The lowest BCUT2D eigenvalue weighted by molar-refractivity contribution is -0.118. The van der Waals surface area contributed by atoms with Crippen molar-refractivity contribution in [2.45, 2.75) is 90.9 Å². The summed E-state index contributed by atoms with van der Waals surface area (Å²) in [5.41, 5.74) is 5.49. The van der Waals surface area contributed by atoms with Crippen molar-refractivity contribution in [2.75, 3.05) is 41.3 Å². The Kier molecular flexibility index (Phi) is 8.87. The van der Waals surface area contributed by atoms with E-state index in [0.29, 0.717) is 34.7 Å². The van der Waals surface area contributed by atoms with Gasteiger partial charge in [0.1, 0.15) is 5.76 Å². The highest BCUT2D eigenvalue weighted by molar-refractivity contribution is 6.52. The molecule has 2 saturated heterocycles. The van der Waals surface area contributed by atoms with E-state index < -0.39 is 0 Å². The van der Waals surface area contributed by atoms with Gasteiger partial charge in [0.2, 0.25) is 17.6 Å². The Hall–Kier alpha value is -3.94. The van der Waals surface area contributed by atoms with E-state index in [1.54, 1.807) is 0 Å². The molecule has 2 N–H and O–H groups in total. The molecular formula is C36H44N4O4. The van der Waals surface area contributed by atoms with Crippen LogP contribution in [0.4, 0.5) is 17.1 Å². The van der Waals surface area contributed by atoms with E-state index in [2.05, 4.69) is 20.1 Å². The van der Waals surface area contributed by atoms with Crippen molar-refractivity contribution in [1.29, 1.82) is 0 Å². The van der Waals surface area contributed by atoms with Crippen LogP contribution >= 0.6 is 0 Å². The van der Waals surface area contributed by atoms with Gasteiger partial charge in [-0.1, -0.05) is 25.7 Å². The summed E-state index contributed by atoms with van der Waals surface area (Å²) in [6, 6.07) is 7.70. The maximum atomic E-state index is 14.0. The summed E-state index contributed by atoms with van der Waals surface area (Å²) in [4.78, 5) is 49.3. The first-order valence-corrected chi connectivity index (χ1v) is 16.5. The highest BCUT2D eigenvalue weighted by atomic mass is 16.3. The first kappa shape index (κ1) is 30.1. The summed E-state index contributed by atoms with van der Waals surface area (Å²) >= 11 is 0. The molecule has 7 rings (SSSR count). The highest BCUT2D eigenvalue weighted by Gasteiger charge is 2.38. The molecule has 5 aliphatic rings. The van der Waals surface area contributed by atoms with Gasteiger partial charge in [0.05, 0.1) is 22.2 Å². The smallest absolute Gasteiger partial charge is 0.246 e. The van der Waals surface area contributed by atoms with E-state index in [9.17, 15) is 19.5 Å². The number of carbonyl (C=O) groups excluding carboxylic acids is 3. The molecular weight excluding hydrogens is 552 g/mol. The van der Waals surface area contributed by atoms with Crippen LogP contribution in [0.15, 0.2) is 35.0 Å². The zero-order chi connectivity index (χ0) is 30.8. The van der Waals surface area contributed by atoms with Gasteiger partial charge in [0.15, 0.2) is 0 Å². The molecule has 2 aromatic carbocycles. The van der Waals surface area contributed by atoms with Crippen LogP contribution in [0.25, 0.3) is 11.1 Å². The van der Waals surface area contributed by atoms with Gasteiger partial charge in [-0.05, 0) is 87.8 Å². The number of hydrogen-bond donors (Lipinski definition) is 2. The number of anilines is 3. The van der Waals surface area contributed by atoms with Gasteiger partial charge >= 0.3 is 0 Å². The lowest BCUT2D eigenvalue weighted by Gasteiger charge is -2.27. The summed E-state index contributed by atoms with van der Waals surface area (Å²) < 4.78 is 0. The first-order valence-electron chi connectivity index (χ1n) is 16.5. The van der Waals surface area contributed by atoms with Crippen LogP contribution < -0.4 is 25.7 Å². The molecule has 0 spiro atoms. The topological polar surface area (TPSA) is 102 Å². The monoisotopic (exact) mass is 596 g/mol. The molecule has 8 heteroatoms. The van der Waals surface area contributed by atoms with Gasteiger partial charge in [-0.25, -0.2) is 4.99 Å². The maximum absolute atomic E-state index is 14.0. The van der Waals surface area contributed by atoms with E-state index in [-0.39, 0.29) is 34.5 Å². The van der Waals surface area contributed by atoms with Crippen molar-refractivity contribution in [1.82, 2.24) is 0 Å². The number of benzene rings is 2. The molecule has 8 nitrogen and oxygen atoms in total. The number of ketones is 1. The zero-order valence-corrected chi connectivity index (χ0v) is 26.1. The minimum Gasteiger partial charge on any atom is -0.506 e. The van der Waals surface area contributed by atoms with Crippen molar-refractivity contribution in [2.24, 2.45) is 4.99 Å². The minimum atomic E-state index is -0.304. The van der Waals surface area contributed by atoms with Crippen LogP contribution in [0.1, 0.15) is 93.7 Å². The van der Waals surface area contributed by atoms with Gasteiger partial charge < -0.3 is 20.2 Å². The van der Waals surface area contributed by atoms with Crippen molar-refractivity contribution in [3.63, 3.8) is 0 Å². The molecule has 4 heterocycles. The van der Waals surface area contributed by atoms with Crippen LogP contribution in [0, 0.1) is 13.8 Å². The van der Waals surface area contributed by atoms with Crippen LogP contribution in [0.3, 0.4) is 0 Å². The predicted octanol–water partition coefficient (Wildman–Crippen LogP) is 5.43. The van der Waals surface area contributed by atoms with Crippen molar-refractivity contribution < 1.29 is 19.5 Å². The first-order chi connectivity index (χ1) is 21.3. The van der Waals surface area contributed by atoms with Crippen LogP contribution in [0.2, 0.25) is 0 Å². The number of fused-ring (bicyclic) bond motifs is 11. The van der Waals surface area contributed by atoms with Crippen molar-refractivity contribution >= 4 is 45.8 Å². The van der Waals surface area contributed by atoms with Gasteiger partial charge in [-0.2, -0.15) is 0 Å². The third-order valence-electron chi connectivity index (χ3n) is 9.57. The standard InChI is InChI=1S/C36H44N4O4/c1-23-19-25-27(21-29(23)39-15-9-10-16-39)37-31(41)13-7-5-3-4-6-8-14-32(42)38-28-22-30(40-17-11-12-18-40)24(2)20-26(28)34-35(43)33(25)36(34)44/h19-22,43H,3-18H2,1-2H3,(H,37,41)/b34-26+,38-28?. The highest BCUT2D eigenvalue weighted by Crippen LogP contribution is 2.42. The molecule has 0 unspecified atom stereocenters. The lowest BCUT2D eigenvalue weighted by atomic mass is 9.80. The number of aryl methyl sites for hydroxylation is 2. The Labute approximate surface area is 259 Å². The second kappa shape index (κ2) is 13.0. The normalized spacial score (nSPS) is 21.5. The Morgan fingerprint density at radius 3 is 1.89 bits per heavy atom. The predicted molar refractivity (Wildman–Crippen MR) is 175 cm³/mol. The molecule has 0 aromatic heterocycles. The molecule has 44 heavy (non-hydrogen) atoms. The van der Waals surface area contributed by atoms with Gasteiger partial charge in [-0.15, -0.1) is 0 Å². The Morgan fingerprint density at radius 1 is 0.682 bits per heavy atom. The number of nitrogens with zero attached hydrogens (tertiary/aromatic N) is 3. The summed E-state index contributed by atoms with van der Waals surface area (Å²) in [6.07, 6.45) is 10.6. The molecule has 0 radical (unpaired) electrons. The number of aliphatic hydroxyl groups is 1. The van der Waals surface area contributed by atoms with E-state index >= 15 is 0 Å². The molecule has 232 valence electrons. The molecule has 4 aliphatic heterocycles. The number of carbonyl (C=O) groups is 3. The number of Topliss-reactive ketones (excluding diaryl/α,β-unsaturated/α-hetero) is 1. The minimum absolute atomic E-state index is 0.0868. The number of aliphatic hydroxyl groups excluding tert-OH is 1. The van der Waals surface area contributed by atoms with Crippen LogP contribution in [0.5, 0.6) is 0 Å². The summed E-state index contributed by atoms with van der Waals surface area (Å²) in [5, 5.41) is 15.6. The quantitative estimate of drug-likeness (QED) is 0.480. The number of hydrogen-bond acceptors (Lipinski definition) is 6. The van der Waals surface area contributed by atoms with Crippen molar-refractivity contribution in [3.05, 3.63) is 57.3 Å².